The van der Waals surface area contributed by atoms with E-state index in [-0.39, 0.29) is 0 Å². The Bertz CT molecular complexity index is 511. The van der Waals surface area contributed by atoms with Crippen molar-refractivity contribution >= 4 is 10.9 Å². The smallest absolute Gasteiger partial charge is 0.0734 e. The first-order chi connectivity index (χ1) is 9.92. The molecule has 1 heterocycles. The van der Waals surface area contributed by atoms with E-state index in [1.165, 1.54) is 10.9 Å². The second kappa shape index (κ2) is 8.64. The summed E-state index contributed by atoms with van der Waals surface area (Å²) in [4.78, 5) is 4.46. The molecule has 108 valence electrons. The van der Waals surface area contributed by atoms with Crippen molar-refractivity contribution in [2.75, 3.05) is 40.0 Å². The molecule has 1 N–H and O–H groups in total. The molecule has 0 aliphatic carbocycles. The number of ether oxygens (including phenoxy) is 2. The molecule has 2 aromatic rings. The maximum atomic E-state index is 5.40. The first kappa shape index (κ1) is 14.9. The summed E-state index contributed by atoms with van der Waals surface area (Å²) in [5.74, 6) is 0. The Morgan fingerprint density at radius 2 is 1.95 bits per heavy atom. The number of pyridine rings is 1. The summed E-state index contributed by atoms with van der Waals surface area (Å²) < 4.78 is 10.3. The van der Waals surface area contributed by atoms with Gasteiger partial charge in [0.2, 0.25) is 0 Å². The van der Waals surface area contributed by atoms with Crippen molar-refractivity contribution in [2.45, 2.75) is 6.42 Å². The van der Waals surface area contributed by atoms with Crippen molar-refractivity contribution < 1.29 is 9.47 Å². The van der Waals surface area contributed by atoms with E-state index in [0.717, 1.165) is 31.6 Å². The van der Waals surface area contributed by atoms with Crippen molar-refractivity contribution in [3.8, 4) is 0 Å². The summed E-state index contributed by atoms with van der Waals surface area (Å²) in [7, 11) is 1.68. The summed E-state index contributed by atoms with van der Waals surface area (Å²) in [6.07, 6.45) is 2.83. The molecule has 0 amide bonds. The maximum Gasteiger partial charge on any atom is 0.0734 e. The van der Waals surface area contributed by atoms with Gasteiger partial charge in [-0.2, -0.15) is 0 Å². The Morgan fingerprint density at radius 1 is 1.05 bits per heavy atom. The van der Waals surface area contributed by atoms with E-state index >= 15 is 0 Å². The fraction of sp³-hybridized carbons (Fsp3) is 0.438. The number of nitrogens with zero attached hydrogens (tertiary/aromatic N) is 1. The molecule has 0 aliphatic heterocycles. The molecule has 1 aromatic carbocycles. The first-order valence-electron chi connectivity index (χ1n) is 7.02. The molecule has 0 aliphatic rings. The zero-order chi connectivity index (χ0) is 14.0. The molecule has 2 rings (SSSR count). The van der Waals surface area contributed by atoms with Gasteiger partial charge in [0.15, 0.2) is 0 Å². The average molecular weight is 274 g/mol. The van der Waals surface area contributed by atoms with Crippen LogP contribution in [-0.4, -0.2) is 45.0 Å². The molecule has 0 radical (unpaired) electrons. The van der Waals surface area contributed by atoms with Gasteiger partial charge in [-0.1, -0.05) is 24.3 Å². The lowest BCUT2D eigenvalue weighted by Crippen LogP contribution is -2.23. The van der Waals surface area contributed by atoms with Crippen LogP contribution in [0, 0.1) is 0 Å². The van der Waals surface area contributed by atoms with Gasteiger partial charge in [0.05, 0.1) is 25.3 Å². The number of nitrogens with one attached hydrogen (secondary N) is 1. The number of rotatable bonds is 9. The quantitative estimate of drug-likeness (QED) is 0.711. The number of methoxy groups -OCH3 is 1. The van der Waals surface area contributed by atoms with E-state index in [9.17, 15) is 0 Å². The molecule has 0 saturated heterocycles. The second-order valence-corrected chi connectivity index (χ2v) is 4.60. The van der Waals surface area contributed by atoms with Gasteiger partial charge in [-0.05, 0) is 24.6 Å². The fourth-order valence-corrected chi connectivity index (χ4v) is 2.11. The average Bonchev–Trinajstić information content (AvgIpc) is 2.50. The van der Waals surface area contributed by atoms with Crippen LogP contribution in [0.15, 0.2) is 36.5 Å². The molecule has 0 atom stereocenters. The molecule has 4 heteroatoms. The molecular weight excluding hydrogens is 252 g/mol. The van der Waals surface area contributed by atoms with Crippen LogP contribution in [0.4, 0.5) is 0 Å². The van der Waals surface area contributed by atoms with Crippen LogP contribution in [0.25, 0.3) is 10.9 Å². The Hall–Kier alpha value is -1.49. The van der Waals surface area contributed by atoms with Crippen LogP contribution in [-0.2, 0) is 15.9 Å². The van der Waals surface area contributed by atoms with Crippen LogP contribution in [0.5, 0.6) is 0 Å². The Morgan fingerprint density at radius 3 is 2.85 bits per heavy atom. The van der Waals surface area contributed by atoms with Gasteiger partial charge in [0.25, 0.3) is 0 Å². The number of hydrogen-bond donors (Lipinski definition) is 1. The molecule has 0 spiro atoms. The van der Waals surface area contributed by atoms with E-state index in [1.54, 1.807) is 7.11 Å². The van der Waals surface area contributed by atoms with Gasteiger partial charge < -0.3 is 14.8 Å². The third kappa shape index (κ3) is 4.56. The van der Waals surface area contributed by atoms with Gasteiger partial charge in [-0.3, -0.25) is 4.98 Å². The third-order valence-electron chi connectivity index (χ3n) is 3.14. The van der Waals surface area contributed by atoms with Crippen molar-refractivity contribution in [1.29, 1.82) is 0 Å². The van der Waals surface area contributed by atoms with Crippen molar-refractivity contribution in [3.63, 3.8) is 0 Å². The molecular formula is C16H22N2O2. The highest BCUT2D eigenvalue weighted by atomic mass is 16.5. The molecule has 0 fully saturated rings. The predicted octanol–water partition coefficient (Wildman–Crippen LogP) is 2.03. The van der Waals surface area contributed by atoms with E-state index in [0.29, 0.717) is 13.2 Å². The normalized spacial score (nSPS) is 11.1. The second-order valence-electron chi connectivity index (χ2n) is 4.60. The van der Waals surface area contributed by atoms with Crippen LogP contribution in [0.1, 0.15) is 5.56 Å². The summed E-state index contributed by atoms with van der Waals surface area (Å²) in [6.45, 7) is 3.83. The highest BCUT2D eigenvalue weighted by Gasteiger charge is 2.00. The lowest BCUT2D eigenvalue weighted by atomic mass is 10.1. The lowest BCUT2D eigenvalue weighted by molar-refractivity contribution is 0.0721. The number of para-hydroxylation sites is 1. The van der Waals surface area contributed by atoms with Gasteiger partial charge in [0.1, 0.15) is 0 Å². The largest absolute Gasteiger partial charge is 0.382 e. The molecule has 0 unspecified atom stereocenters. The Labute approximate surface area is 120 Å². The minimum atomic E-state index is 0.654. The van der Waals surface area contributed by atoms with Crippen molar-refractivity contribution in [2.24, 2.45) is 0 Å². The summed E-state index contributed by atoms with van der Waals surface area (Å²) in [5.41, 5.74) is 2.39. The van der Waals surface area contributed by atoms with Crippen molar-refractivity contribution in [3.05, 3.63) is 42.1 Å². The summed E-state index contributed by atoms with van der Waals surface area (Å²) >= 11 is 0. The number of fused-ring (bicyclic) bond motifs is 1. The topological polar surface area (TPSA) is 43.4 Å². The van der Waals surface area contributed by atoms with Gasteiger partial charge in [-0.25, -0.2) is 0 Å². The molecule has 20 heavy (non-hydrogen) atoms. The van der Waals surface area contributed by atoms with Gasteiger partial charge in [-0.15, -0.1) is 0 Å². The minimum absolute atomic E-state index is 0.654. The molecule has 1 aromatic heterocycles. The number of hydrogen-bond acceptors (Lipinski definition) is 4. The SMILES string of the molecule is COCCOCCNCCc1cccc2cccnc12. The zero-order valence-corrected chi connectivity index (χ0v) is 12.0. The van der Waals surface area contributed by atoms with Crippen LogP contribution in [0.3, 0.4) is 0 Å². The first-order valence-corrected chi connectivity index (χ1v) is 7.02. The summed E-state index contributed by atoms with van der Waals surface area (Å²) in [5, 5.41) is 4.58. The third-order valence-corrected chi connectivity index (χ3v) is 3.14. The number of aromatic nitrogens is 1. The van der Waals surface area contributed by atoms with E-state index in [4.69, 9.17) is 9.47 Å². The van der Waals surface area contributed by atoms with E-state index < -0.39 is 0 Å². The van der Waals surface area contributed by atoms with Gasteiger partial charge in [0, 0.05) is 25.2 Å². The minimum Gasteiger partial charge on any atom is -0.382 e. The van der Waals surface area contributed by atoms with Crippen LogP contribution < -0.4 is 5.32 Å². The maximum absolute atomic E-state index is 5.40. The highest BCUT2D eigenvalue weighted by Crippen LogP contribution is 2.15. The monoisotopic (exact) mass is 274 g/mol. The molecule has 4 nitrogen and oxygen atoms in total. The van der Waals surface area contributed by atoms with E-state index in [1.807, 2.05) is 12.3 Å². The highest BCUT2D eigenvalue weighted by molar-refractivity contribution is 5.81. The van der Waals surface area contributed by atoms with Crippen molar-refractivity contribution in [1.82, 2.24) is 10.3 Å². The van der Waals surface area contributed by atoms with Crippen LogP contribution in [0.2, 0.25) is 0 Å². The standard InChI is InChI=1S/C16H22N2O2/c1-19-12-13-20-11-10-17-9-7-15-5-2-4-14-6-3-8-18-16(14)15/h2-6,8,17H,7,9-13H2,1H3. The van der Waals surface area contributed by atoms with Crippen LogP contribution >= 0.6 is 0 Å². The fourth-order valence-electron chi connectivity index (χ4n) is 2.11. The molecule has 0 saturated carbocycles. The Balaban J connectivity index is 1.71. The Kier molecular flexibility index (Phi) is 6.44. The predicted molar refractivity (Wildman–Crippen MR) is 81.0 cm³/mol. The summed E-state index contributed by atoms with van der Waals surface area (Å²) in [6, 6.07) is 10.4. The van der Waals surface area contributed by atoms with E-state index in [2.05, 4.69) is 34.6 Å². The lowest BCUT2D eigenvalue weighted by Gasteiger charge is -2.07. The number of benzene rings is 1. The van der Waals surface area contributed by atoms with Gasteiger partial charge >= 0.3 is 0 Å². The zero-order valence-electron chi connectivity index (χ0n) is 12.0. The molecule has 0 bridgehead atoms.